The van der Waals surface area contributed by atoms with Crippen LogP contribution >= 0.6 is 0 Å². The smallest absolute Gasteiger partial charge is 0.0263 e. The lowest BCUT2D eigenvalue weighted by Gasteiger charge is -2.42. The van der Waals surface area contributed by atoms with Crippen molar-refractivity contribution in [2.75, 3.05) is 39.3 Å². The summed E-state index contributed by atoms with van der Waals surface area (Å²) in [5.74, 6) is 0.948. The monoisotopic (exact) mass is 265 g/mol. The topological polar surface area (TPSA) is 18.5 Å². The predicted molar refractivity (Wildman–Crippen MR) is 80.5 cm³/mol. The van der Waals surface area contributed by atoms with Gasteiger partial charge in [-0.05, 0) is 77.2 Å². The van der Waals surface area contributed by atoms with Gasteiger partial charge in [0.25, 0.3) is 0 Å². The van der Waals surface area contributed by atoms with Crippen LogP contribution in [0, 0.1) is 5.92 Å². The molecule has 0 aliphatic carbocycles. The zero-order valence-electron chi connectivity index (χ0n) is 12.6. The highest BCUT2D eigenvalue weighted by molar-refractivity contribution is 4.95. The SMILES string of the molecule is CCCN1CCCC(N2CCCC3CNCC32)CC1. The van der Waals surface area contributed by atoms with Crippen LogP contribution in [-0.4, -0.2) is 61.2 Å². The van der Waals surface area contributed by atoms with Crippen LogP contribution in [0.4, 0.5) is 0 Å². The Morgan fingerprint density at radius 3 is 2.79 bits per heavy atom. The highest BCUT2D eigenvalue weighted by Gasteiger charge is 2.38. The molecule has 110 valence electrons. The number of likely N-dealkylation sites (tertiary alicyclic amines) is 2. The number of nitrogens with zero attached hydrogens (tertiary/aromatic N) is 2. The molecule has 0 radical (unpaired) electrons. The van der Waals surface area contributed by atoms with Gasteiger partial charge < -0.3 is 10.2 Å². The Morgan fingerprint density at radius 1 is 1.00 bits per heavy atom. The summed E-state index contributed by atoms with van der Waals surface area (Å²) in [5, 5.41) is 3.63. The summed E-state index contributed by atoms with van der Waals surface area (Å²) < 4.78 is 0. The molecule has 0 amide bonds. The van der Waals surface area contributed by atoms with Gasteiger partial charge in [-0.1, -0.05) is 6.92 Å². The molecule has 3 unspecified atom stereocenters. The van der Waals surface area contributed by atoms with Gasteiger partial charge in [-0.25, -0.2) is 0 Å². The normalized spacial score (nSPS) is 38.1. The molecule has 3 heterocycles. The van der Waals surface area contributed by atoms with E-state index in [4.69, 9.17) is 0 Å². The second-order valence-corrected chi connectivity index (χ2v) is 6.79. The van der Waals surface area contributed by atoms with Crippen molar-refractivity contribution in [1.29, 1.82) is 0 Å². The standard InChI is InChI=1S/C16H31N3/c1-2-8-18-9-4-6-15(7-11-18)19-10-3-5-14-12-17-13-16(14)19/h14-17H,2-13H2,1H3. The van der Waals surface area contributed by atoms with E-state index in [-0.39, 0.29) is 0 Å². The molecule has 0 saturated carbocycles. The fraction of sp³-hybridized carbons (Fsp3) is 1.00. The number of nitrogens with one attached hydrogen (secondary N) is 1. The van der Waals surface area contributed by atoms with Crippen molar-refractivity contribution >= 4 is 0 Å². The van der Waals surface area contributed by atoms with Crippen LogP contribution in [0.5, 0.6) is 0 Å². The zero-order chi connectivity index (χ0) is 13.1. The Bertz CT molecular complexity index is 281. The van der Waals surface area contributed by atoms with E-state index in [9.17, 15) is 0 Å². The summed E-state index contributed by atoms with van der Waals surface area (Å²) in [6.07, 6.45) is 8.45. The number of rotatable bonds is 3. The molecule has 0 spiro atoms. The third kappa shape index (κ3) is 3.14. The summed E-state index contributed by atoms with van der Waals surface area (Å²) in [5.41, 5.74) is 0. The summed E-state index contributed by atoms with van der Waals surface area (Å²) in [4.78, 5) is 5.58. The summed E-state index contributed by atoms with van der Waals surface area (Å²) >= 11 is 0. The Balaban J connectivity index is 1.58. The van der Waals surface area contributed by atoms with E-state index in [0.29, 0.717) is 0 Å². The highest BCUT2D eigenvalue weighted by atomic mass is 15.2. The highest BCUT2D eigenvalue weighted by Crippen LogP contribution is 2.31. The van der Waals surface area contributed by atoms with Gasteiger partial charge >= 0.3 is 0 Å². The molecular formula is C16H31N3. The van der Waals surface area contributed by atoms with Crippen molar-refractivity contribution < 1.29 is 0 Å². The first-order valence-electron chi connectivity index (χ1n) is 8.57. The minimum atomic E-state index is 0.858. The molecule has 0 aromatic heterocycles. The first-order chi connectivity index (χ1) is 9.38. The van der Waals surface area contributed by atoms with Crippen molar-refractivity contribution in [2.24, 2.45) is 5.92 Å². The van der Waals surface area contributed by atoms with Gasteiger partial charge in [-0.2, -0.15) is 0 Å². The second kappa shape index (κ2) is 6.55. The van der Waals surface area contributed by atoms with Crippen LogP contribution in [0.25, 0.3) is 0 Å². The van der Waals surface area contributed by atoms with Gasteiger partial charge in [-0.3, -0.25) is 4.90 Å². The van der Waals surface area contributed by atoms with Crippen molar-refractivity contribution in [2.45, 2.75) is 57.5 Å². The maximum absolute atomic E-state index is 3.63. The number of fused-ring (bicyclic) bond motifs is 1. The van der Waals surface area contributed by atoms with Crippen LogP contribution in [-0.2, 0) is 0 Å². The lowest BCUT2D eigenvalue weighted by Crippen LogP contribution is -2.50. The Morgan fingerprint density at radius 2 is 1.89 bits per heavy atom. The van der Waals surface area contributed by atoms with E-state index in [0.717, 1.165) is 18.0 Å². The molecule has 0 bridgehead atoms. The van der Waals surface area contributed by atoms with Crippen molar-refractivity contribution in [3.8, 4) is 0 Å². The Kier molecular flexibility index (Phi) is 4.78. The van der Waals surface area contributed by atoms with E-state index in [1.165, 1.54) is 77.8 Å². The zero-order valence-corrected chi connectivity index (χ0v) is 12.6. The molecular weight excluding hydrogens is 234 g/mol. The molecule has 3 fully saturated rings. The molecule has 3 rings (SSSR count). The Hall–Kier alpha value is -0.120. The maximum Gasteiger partial charge on any atom is 0.0263 e. The van der Waals surface area contributed by atoms with E-state index in [1.54, 1.807) is 0 Å². The number of hydrogen-bond donors (Lipinski definition) is 1. The van der Waals surface area contributed by atoms with Gasteiger partial charge in [0, 0.05) is 18.6 Å². The van der Waals surface area contributed by atoms with Gasteiger partial charge in [0.1, 0.15) is 0 Å². The van der Waals surface area contributed by atoms with Crippen molar-refractivity contribution in [1.82, 2.24) is 15.1 Å². The van der Waals surface area contributed by atoms with Gasteiger partial charge in [0.05, 0.1) is 0 Å². The van der Waals surface area contributed by atoms with E-state index in [1.807, 2.05) is 0 Å². The van der Waals surface area contributed by atoms with Gasteiger partial charge in [0.2, 0.25) is 0 Å². The third-order valence-electron chi connectivity index (χ3n) is 5.52. The molecule has 3 aliphatic heterocycles. The molecule has 3 saturated heterocycles. The molecule has 0 aromatic carbocycles. The van der Waals surface area contributed by atoms with Crippen LogP contribution in [0.2, 0.25) is 0 Å². The first kappa shape index (κ1) is 13.8. The Labute approximate surface area is 118 Å². The average molecular weight is 265 g/mol. The van der Waals surface area contributed by atoms with E-state index in [2.05, 4.69) is 22.0 Å². The lowest BCUT2D eigenvalue weighted by molar-refractivity contribution is 0.0693. The van der Waals surface area contributed by atoms with Crippen molar-refractivity contribution in [3.05, 3.63) is 0 Å². The van der Waals surface area contributed by atoms with Gasteiger partial charge in [-0.15, -0.1) is 0 Å². The molecule has 3 heteroatoms. The molecule has 3 nitrogen and oxygen atoms in total. The number of piperidine rings is 1. The maximum atomic E-state index is 3.63. The van der Waals surface area contributed by atoms with Gasteiger partial charge in [0.15, 0.2) is 0 Å². The van der Waals surface area contributed by atoms with Crippen LogP contribution in [0.3, 0.4) is 0 Å². The van der Waals surface area contributed by atoms with Crippen molar-refractivity contribution in [3.63, 3.8) is 0 Å². The van der Waals surface area contributed by atoms with E-state index >= 15 is 0 Å². The fourth-order valence-electron chi connectivity index (χ4n) is 4.57. The van der Waals surface area contributed by atoms with Crippen LogP contribution in [0.15, 0.2) is 0 Å². The minimum Gasteiger partial charge on any atom is -0.315 e. The summed E-state index contributed by atoms with van der Waals surface area (Å²) in [6.45, 7) is 10.2. The first-order valence-corrected chi connectivity index (χ1v) is 8.57. The fourth-order valence-corrected chi connectivity index (χ4v) is 4.57. The molecule has 19 heavy (non-hydrogen) atoms. The van der Waals surface area contributed by atoms with Crippen LogP contribution in [0.1, 0.15) is 45.4 Å². The third-order valence-corrected chi connectivity index (χ3v) is 5.52. The van der Waals surface area contributed by atoms with E-state index < -0.39 is 0 Å². The number of hydrogen-bond acceptors (Lipinski definition) is 3. The lowest BCUT2D eigenvalue weighted by atomic mass is 9.89. The minimum absolute atomic E-state index is 0.858. The second-order valence-electron chi connectivity index (χ2n) is 6.79. The summed E-state index contributed by atoms with van der Waals surface area (Å²) in [7, 11) is 0. The molecule has 3 atom stereocenters. The molecule has 3 aliphatic rings. The molecule has 1 N–H and O–H groups in total. The summed E-state index contributed by atoms with van der Waals surface area (Å²) in [6, 6.07) is 1.73. The molecule has 0 aromatic rings. The predicted octanol–water partition coefficient (Wildman–Crippen LogP) is 1.93. The van der Waals surface area contributed by atoms with Crippen LogP contribution < -0.4 is 5.32 Å². The largest absolute Gasteiger partial charge is 0.315 e. The quantitative estimate of drug-likeness (QED) is 0.841. The average Bonchev–Trinajstić information content (AvgIpc) is 2.79.